The molecule has 1 aliphatic heterocycles. The maximum absolute atomic E-state index is 13.7. The lowest BCUT2D eigenvalue weighted by atomic mass is 9.80. The molecule has 1 heterocycles. The number of nitrogens with one attached hydrogen (secondary N) is 3. The first-order chi connectivity index (χ1) is 11.8. The van der Waals surface area contributed by atoms with Crippen LogP contribution in [-0.2, 0) is 19.6 Å². The molecule has 0 radical (unpaired) electrons. The minimum Gasteiger partial charge on any atom is -0.384 e. The first-order valence-electron chi connectivity index (χ1n) is 8.04. The number of carbonyl (C=O) groups excluding carboxylic acids is 1. The van der Waals surface area contributed by atoms with Crippen LogP contribution in [0.4, 0.5) is 10.1 Å². The SMILES string of the molecule is COCC1(CNS(=O)(=O)c2ccc(F)c(NC(C)=O)c2)CCNCC1.Cl. The predicted octanol–water partition coefficient (Wildman–Crippen LogP) is 1.50. The van der Waals surface area contributed by atoms with E-state index >= 15 is 0 Å². The number of hydrogen-bond acceptors (Lipinski definition) is 5. The highest BCUT2D eigenvalue weighted by Gasteiger charge is 2.33. The number of carbonyl (C=O) groups is 1. The van der Waals surface area contributed by atoms with Crippen molar-refractivity contribution in [2.24, 2.45) is 5.41 Å². The van der Waals surface area contributed by atoms with Crippen LogP contribution in [0.2, 0.25) is 0 Å². The van der Waals surface area contributed by atoms with Gasteiger partial charge in [-0.3, -0.25) is 4.79 Å². The quantitative estimate of drug-likeness (QED) is 0.634. The molecule has 0 aliphatic carbocycles. The van der Waals surface area contributed by atoms with E-state index in [1.165, 1.54) is 13.0 Å². The summed E-state index contributed by atoms with van der Waals surface area (Å²) >= 11 is 0. The molecule has 0 unspecified atom stereocenters. The van der Waals surface area contributed by atoms with Crippen LogP contribution in [0, 0.1) is 11.2 Å². The first-order valence-corrected chi connectivity index (χ1v) is 9.53. The normalized spacial score (nSPS) is 16.6. The molecule has 7 nitrogen and oxygen atoms in total. The topological polar surface area (TPSA) is 96.5 Å². The summed E-state index contributed by atoms with van der Waals surface area (Å²) in [5.41, 5.74) is -0.433. The van der Waals surface area contributed by atoms with Crippen molar-refractivity contribution < 1.29 is 22.3 Å². The number of anilines is 1. The van der Waals surface area contributed by atoms with E-state index in [-0.39, 0.29) is 34.9 Å². The number of halogens is 2. The van der Waals surface area contributed by atoms with Gasteiger partial charge < -0.3 is 15.4 Å². The Balaban J connectivity index is 0.00000338. The van der Waals surface area contributed by atoms with Gasteiger partial charge in [-0.05, 0) is 44.1 Å². The van der Waals surface area contributed by atoms with Crippen LogP contribution in [-0.4, -0.2) is 47.7 Å². The Kier molecular flexibility index (Phi) is 8.42. The monoisotopic (exact) mass is 409 g/mol. The third-order valence-corrected chi connectivity index (χ3v) is 5.71. The fourth-order valence-electron chi connectivity index (χ4n) is 2.92. The van der Waals surface area contributed by atoms with Gasteiger partial charge in [-0.25, -0.2) is 17.5 Å². The van der Waals surface area contributed by atoms with Crippen LogP contribution >= 0.6 is 12.4 Å². The van der Waals surface area contributed by atoms with E-state index in [0.717, 1.165) is 38.1 Å². The van der Waals surface area contributed by atoms with Gasteiger partial charge in [0, 0.05) is 26.0 Å². The molecule has 148 valence electrons. The van der Waals surface area contributed by atoms with Crippen LogP contribution < -0.4 is 15.4 Å². The van der Waals surface area contributed by atoms with Gasteiger partial charge in [0.2, 0.25) is 15.9 Å². The molecular formula is C16H25ClFN3O4S. The zero-order valence-corrected chi connectivity index (χ0v) is 16.4. The average Bonchev–Trinajstić information content (AvgIpc) is 2.56. The van der Waals surface area contributed by atoms with Gasteiger partial charge in [-0.2, -0.15) is 0 Å². The maximum Gasteiger partial charge on any atom is 0.240 e. The number of sulfonamides is 1. The Morgan fingerprint density at radius 1 is 1.35 bits per heavy atom. The summed E-state index contributed by atoms with van der Waals surface area (Å²) in [4.78, 5) is 11.0. The Hall–Kier alpha value is -1.26. The van der Waals surface area contributed by atoms with Crippen LogP contribution in [0.3, 0.4) is 0 Å². The van der Waals surface area contributed by atoms with E-state index in [2.05, 4.69) is 15.4 Å². The van der Waals surface area contributed by atoms with Gasteiger partial charge in [-0.1, -0.05) is 0 Å². The van der Waals surface area contributed by atoms with E-state index in [0.29, 0.717) is 6.61 Å². The molecule has 0 saturated carbocycles. The summed E-state index contributed by atoms with van der Waals surface area (Å²) in [6.07, 6.45) is 1.59. The molecule has 0 bridgehead atoms. The van der Waals surface area contributed by atoms with Crippen molar-refractivity contribution in [1.29, 1.82) is 0 Å². The summed E-state index contributed by atoms with van der Waals surface area (Å²) in [5.74, 6) is -1.17. The van der Waals surface area contributed by atoms with Crippen molar-refractivity contribution in [3.63, 3.8) is 0 Å². The van der Waals surface area contributed by atoms with E-state index in [1.54, 1.807) is 7.11 Å². The molecule has 1 aromatic rings. The van der Waals surface area contributed by atoms with Crippen LogP contribution in [0.1, 0.15) is 19.8 Å². The number of amides is 1. The van der Waals surface area contributed by atoms with E-state index in [9.17, 15) is 17.6 Å². The van der Waals surface area contributed by atoms with Gasteiger partial charge in [0.15, 0.2) is 0 Å². The second kappa shape index (κ2) is 9.61. The van der Waals surface area contributed by atoms with Crippen molar-refractivity contribution in [3.8, 4) is 0 Å². The van der Waals surface area contributed by atoms with E-state index in [1.807, 2.05) is 0 Å². The Bertz CT molecular complexity index is 719. The number of piperidine rings is 1. The fraction of sp³-hybridized carbons (Fsp3) is 0.562. The Morgan fingerprint density at radius 3 is 2.58 bits per heavy atom. The molecule has 3 N–H and O–H groups in total. The Labute approximate surface area is 159 Å². The number of methoxy groups -OCH3 is 1. The molecule has 2 rings (SSSR count). The summed E-state index contributed by atoms with van der Waals surface area (Å²) in [5, 5.41) is 5.53. The summed E-state index contributed by atoms with van der Waals surface area (Å²) in [6, 6.07) is 3.31. The van der Waals surface area contributed by atoms with Crippen LogP contribution in [0.5, 0.6) is 0 Å². The lowest BCUT2D eigenvalue weighted by Gasteiger charge is -2.37. The van der Waals surface area contributed by atoms with Crippen LogP contribution in [0.25, 0.3) is 0 Å². The number of ether oxygens (including phenoxy) is 1. The third kappa shape index (κ3) is 5.88. The minimum absolute atomic E-state index is 0. The second-order valence-corrected chi connectivity index (χ2v) is 8.10. The molecule has 1 aromatic carbocycles. The first kappa shape index (κ1) is 22.8. The summed E-state index contributed by atoms with van der Waals surface area (Å²) < 4.78 is 46.7. The average molecular weight is 410 g/mol. The molecule has 0 atom stereocenters. The van der Waals surface area contributed by atoms with Crippen molar-refractivity contribution in [3.05, 3.63) is 24.0 Å². The zero-order valence-electron chi connectivity index (χ0n) is 14.8. The number of benzene rings is 1. The molecule has 1 saturated heterocycles. The van der Waals surface area contributed by atoms with Gasteiger partial charge >= 0.3 is 0 Å². The zero-order chi connectivity index (χ0) is 18.5. The molecule has 1 amide bonds. The highest BCUT2D eigenvalue weighted by atomic mass is 35.5. The standard InChI is InChI=1S/C16H24FN3O4S.ClH/c1-12(21)20-15-9-13(3-4-14(15)17)25(22,23)19-10-16(11-24-2)5-7-18-8-6-16;/h3-4,9,18-19H,5-8,10-11H2,1-2H3,(H,20,21);1H. The predicted molar refractivity (Wildman–Crippen MR) is 99.6 cm³/mol. The lowest BCUT2D eigenvalue weighted by molar-refractivity contribution is -0.114. The highest BCUT2D eigenvalue weighted by molar-refractivity contribution is 7.89. The molecule has 0 aromatic heterocycles. The van der Waals surface area contributed by atoms with Crippen LogP contribution in [0.15, 0.2) is 23.1 Å². The molecule has 0 spiro atoms. The van der Waals surface area contributed by atoms with E-state index in [4.69, 9.17) is 4.74 Å². The van der Waals surface area contributed by atoms with Gasteiger partial charge in [0.05, 0.1) is 17.2 Å². The second-order valence-electron chi connectivity index (χ2n) is 6.33. The molecule has 1 aliphatic rings. The fourth-order valence-corrected chi connectivity index (χ4v) is 4.11. The van der Waals surface area contributed by atoms with Gasteiger partial charge in [-0.15, -0.1) is 12.4 Å². The molecular weight excluding hydrogens is 385 g/mol. The largest absolute Gasteiger partial charge is 0.384 e. The Morgan fingerprint density at radius 2 is 2.00 bits per heavy atom. The van der Waals surface area contributed by atoms with E-state index < -0.39 is 21.7 Å². The number of hydrogen-bond donors (Lipinski definition) is 3. The summed E-state index contributed by atoms with van der Waals surface area (Å²) in [6.45, 7) is 3.52. The van der Waals surface area contributed by atoms with Gasteiger partial charge in [0.1, 0.15) is 5.82 Å². The minimum atomic E-state index is -3.84. The third-order valence-electron chi connectivity index (χ3n) is 4.31. The molecule has 1 fully saturated rings. The maximum atomic E-state index is 13.7. The number of rotatable bonds is 7. The summed E-state index contributed by atoms with van der Waals surface area (Å²) in [7, 11) is -2.24. The highest BCUT2D eigenvalue weighted by Crippen LogP contribution is 2.29. The molecule has 10 heteroatoms. The van der Waals surface area contributed by atoms with Crippen molar-refractivity contribution in [2.75, 3.05) is 38.7 Å². The van der Waals surface area contributed by atoms with Crippen molar-refractivity contribution in [1.82, 2.24) is 10.0 Å². The van der Waals surface area contributed by atoms with Gasteiger partial charge in [0.25, 0.3) is 0 Å². The van der Waals surface area contributed by atoms with Crippen molar-refractivity contribution in [2.45, 2.75) is 24.7 Å². The molecule has 26 heavy (non-hydrogen) atoms. The van der Waals surface area contributed by atoms with Crippen molar-refractivity contribution >= 4 is 34.0 Å². The smallest absolute Gasteiger partial charge is 0.240 e. The lowest BCUT2D eigenvalue weighted by Crippen LogP contribution is -2.47.